The van der Waals surface area contributed by atoms with Crippen LogP contribution in [-0.2, 0) is 4.79 Å². The highest BCUT2D eigenvalue weighted by atomic mass is 32.2. The Balaban J connectivity index is 1.58. The minimum atomic E-state index is -0.442. The standard InChI is InChI=1S/C19H13N5O3S3/c1-11-22-23-19(28-11)30-15-8-7-12(9-14(15)24(26)27)10-16-17(25)21-18(29-16)20-13-5-3-2-4-6-13/h2-10H,1H3,(H,20,21,25)/b16-10-. The Bertz CT molecular complexity index is 1190. The molecule has 150 valence electrons. The molecule has 1 aliphatic rings. The highest BCUT2D eigenvalue weighted by Crippen LogP contribution is 2.37. The van der Waals surface area contributed by atoms with Crippen LogP contribution in [0, 0.1) is 17.0 Å². The van der Waals surface area contributed by atoms with Crippen LogP contribution < -0.4 is 5.32 Å². The van der Waals surface area contributed by atoms with Gasteiger partial charge in [-0.2, -0.15) is 0 Å². The monoisotopic (exact) mass is 455 g/mol. The molecular weight excluding hydrogens is 442 g/mol. The molecule has 0 spiro atoms. The van der Waals surface area contributed by atoms with Gasteiger partial charge in [0.1, 0.15) is 5.01 Å². The summed E-state index contributed by atoms with van der Waals surface area (Å²) in [5, 5.41) is 23.5. The third-order valence-electron chi connectivity index (χ3n) is 3.82. The molecule has 0 radical (unpaired) electrons. The van der Waals surface area contributed by atoms with E-state index in [4.69, 9.17) is 0 Å². The number of nitrogens with one attached hydrogen (secondary N) is 1. The Morgan fingerprint density at radius 2 is 2.00 bits per heavy atom. The number of benzene rings is 2. The van der Waals surface area contributed by atoms with Crippen LogP contribution in [0.2, 0.25) is 0 Å². The minimum Gasteiger partial charge on any atom is -0.300 e. The van der Waals surface area contributed by atoms with Gasteiger partial charge in [-0.15, -0.1) is 10.2 Å². The van der Waals surface area contributed by atoms with Gasteiger partial charge in [0.25, 0.3) is 11.6 Å². The number of hydrogen-bond acceptors (Lipinski definition) is 9. The molecule has 0 bridgehead atoms. The SMILES string of the molecule is Cc1nnc(Sc2ccc(/C=C3\SC(=Nc4ccccc4)NC3=O)cc2[N+](=O)[O-])s1. The van der Waals surface area contributed by atoms with E-state index in [9.17, 15) is 14.9 Å². The molecule has 2 aromatic carbocycles. The maximum atomic E-state index is 12.3. The topological polar surface area (TPSA) is 110 Å². The van der Waals surface area contributed by atoms with E-state index in [1.165, 1.54) is 40.9 Å². The van der Waals surface area contributed by atoms with Gasteiger partial charge in [0.05, 0.1) is 20.4 Å². The number of nitro groups is 1. The van der Waals surface area contributed by atoms with Gasteiger partial charge in [0.15, 0.2) is 9.51 Å². The third kappa shape index (κ3) is 4.75. The van der Waals surface area contributed by atoms with E-state index < -0.39 is 4.92 Å². The van der Waals surface area contributed by atoms with Crippen molar-refractivity contribution in [2.75, 3.05) is 0 Å². The van der Waals surface area contributed by atoms with E-state index in [1.54, 1.807) is 18.2 Å². The maximum absolute atomic E-state index is 12.3. The third-order valence-corrected chi connectivity index (χ3v) is 6.68. The molecule has 8 nitrogen and oxygen atoms in total. The Morgan fingerprint density at radius 1 is 1.20 bits per heavy atom. The number of aryl methyl sites for hydroxylation is 1. The fourth-order valence-electron chi connectivity index (χ4n) is 2.52. The summed E-state index contributed by atoms with van der Waals surface area (Å²) in [4.78, 5) is 28.7. The molecule has 2 heterocycles. The number of para-hydroxylation sites is 1. The highest BCUT2D eigenvalue weighted by molar-refractivity contribution is 8.18. The lowest BCUT2D eigenvalue weighted by molar-refractivity contribution is -0.387. The lowest BCUT2D eigenvalue weighted by atomic mass is 10.2. The number of rotatable bonds is 5. The summed E-state index contributed by atoms with van der Waals surface area (Å²) in [6.45, 7) is 1.82. The summed E-state index contributed by atoms with van der Waals surface area (Å²) >= 11 is 3.76. The van der Waals surface area contributed by atoms with Crippen molar-refractivity contribution < 1.29 is 9.72 Å². The normalized spacial score (nSPS) is 16.2. The van der Waals surface area contributed by atoms with Crippen molar-refractivity contribution in [2.45, 2.75) is 16.2 Å². The van der Waals surface area contributed by atoms with Crippen molar-refractivity contribution in [3.8, 4) is 0 Å². The number of hydrogen-bond donors (Lipinski definition) is 1. The van der Waals surface area contributed by atoms with Crippen molar-refractivity contribution in [3.05, 3.63) is 74.1 Å². The molecule has 4 rings (SSSR count). The van der Waals surface area contributed by atoms with Gasteiger partial charge in [0.2, 0.25) is 0 Å². The Kier molecular flexibility index (Phi) is 5.93. The largest absolute Gasteiger partial charge is 0.300 e. The first-order chi connectivity index (χ1) is 14.5. The molecule has 0 aliphatic carbocycles. The van der Waals surface area contributed by atoms with Crippen LogP contribution in [0.25, 0.3) is 6.08 Å². The molecule has 1 N–H and O–H groups in total. The number of thioether (sulfide) groups is 1. The van der Waals surface area contributed by atoms with Gasteiger partial charge in [-0.1, -0.05) is 47.4 Å². The number of aliphatic imine (C=N–C) groups is 1. The molecule has 11 heteroatoms. The van der Waals surface area contributed by atoms with Gasteiger partial charge in [0, 0.05) is 6.07 Å². The van der Waals surface area contributed by atoms with Crippen molar-refractivity contribution in [1.29, 1.82) is 0 Å². The van der Waals surface area contributed by atoms with Gasteiger partial charge in [-0.05, 0) is 48.5 Å². The Hall–Kier alpha value is -3.02. The number of carbonyl (C=O) groups is 1. The molecule has 30 heavy (non-hydrogen) atoms. The molecule has 1 aromatic heterocycles. The number of nitrogens with zero attached hydrogens (tertiary/aromatic N) is 4. The summed E-state index contributed by atoms with van der Waals surface area (Å²) in [5.41, 5.74) is 1.23. The van der Waals surface area contributed by atoms with Gasteiger partial charge < -0.3 is 5.32 Å². The zero-order valence-corrected chi connectivity index (χ0v) is 17.9. The first kappa shape index (κ1) is 20.3. The van der Waals surface area contributed by atoms with E-state index in [0.717, 1.165) is 10.7 Å². The van der Waals surface area contributed by atoms with E-state index in [-0.39, 0.29) is 11.6 Å². The molecule has 0 atom stereocenters. The molecule has 1 fully saturated rings. The summed E-state index contributed by atoms with van der Waals surface area (Å²) < 4.78 is 0.634. The molecule has 1 amide bonds. The average Bonchev–Trinajstić information content (AvgIpc) is 3.28. The zero-order chi connectivity index (χ0) is 21.1. The number of amides is 1. The number of nitro benzene ring substituents is 1. The van der Waals surface area contributed by atoms with Crippen molar-refractivity contribution >= 4 is 63.4 Å². The van der Waals surface area contributed by atoms with Crippen LogP contribution in [-0.4, -0.2) is 26.2 Å². The number of aromatic nitrogens is 2. The molecule has 0 unspecified atom stereocenters. The fourth-order valence-corrected chi connectivity index (χ4v) is 5.22. The van der Waals surface area contributed by atoms with Crippen LogP contribution in [0.15, 0.2) is 67.7 Å². The van der Waals surface area contributed by atoms with Crippen LogP contribution in [0.3, 0.4) is 0 Å². The highest BCUT2D eigenvalue weighted by Gasteiger charge is 2.24. The fraction of sp³-hybridized carbons (Fsp3) is 0.0526. The van der Waals surface area contributed by atoms with Crippen LogP contribution in [0.5, 0.6) is 0 Å². The van der Waals surface area contributed by atoms with Crippen LogP contribution in [0.4, 0.5) is 11.4 Å². The van der Waals surface area contributed by atoms with E-state index in [2.05, 4.69) is 20.5 Å². The zero-order valence-electron chi connectivity index (χ0n) is 15.4. The molecule has 1 aliphatic heterocycles. The second-order valence-electron chi connectivity index (χ2n) is 5.99. The Morgan fingerprint density at radius 3 is 2.70 bits per heavy atom. The average molecular weight is 456 g/mol. The minimum absolute atomic E-state index is 0.0521. The Labute approximate surface area is 183 Å². The number of carbonyl (C=O) groups excluding carboxylic acids is 1. The smallest absolute Gasteiger partial charge is 0.283 e. The van der Waals surface area contributed by atoms with Crippen LogP contribution in [0.1, 0.15) is 10.6 Å². The molecule has 0 saturated carbocycles. The lowest BCUT2D eigenvalue weighted by Gasteiger charge is -2.02. The lowest BCUT2D eigenvalue weighted by Crippen LogP contribution is -2.19. The van der Waals surface area contributed by atoms with Crippen molar-refractivity contribution in [2.24, 2.45) is 4.99 Å². The maximum Gasteiger partial charge on any atom is 0.283 e. The summed E-state index contributed by atoms with van der Waals surface area (Å²) in [5.74, 6) is -0.292. The summed E-state index contributed by atoms with van der Waals surface area (Å²) in [6.07, 6.45) is 1.62. The molecule has 1 saturated heterocycles. The van der Waals surface area contributed by atoms with Gasteiger partial charge in [-0.25, -0.2) is 4.99 Å². The second kappa shape index (κ2) is 8.78. The van der Waals surface area contributed by atoms with Crippen molar-refractivity contribution in [1.82, 2.24) is 15.5 Å². The molecule has 3 aromatic rings. The van der Waals surface area contributed by atoms with Crippen molar-refractivity contribution in [3.63, 3.8) is 0 Å². The van der Waals surface area contributed by atoms with E-state index in [1.807, 2.05) is 37.3 Å². The quantitative estimate of drug-likeness (QED) is 0.334. The van der Waals surface area contributed by atoms with E-state index >= 15 is 0 Å². The van der Waals surface area contributed by atoms with Crippen LogP contribution >= 0.6 is 34.9 Å². The molecular formula is C19H13N5O3S3. The first-order valence-corrected chi connectivity index (χ1v) is 11.0. The second-order valence-corrected chi connectivity index (χ2v) is 9.49. The predicted octanol–water partition coefficient (Wildman–Crippen LogP) is 4.80. The van der Waals surface area contributed by atoms with E-state index in [0.29, 0.717) is 24.9 Å². The number of amidine groups is 1. The first-order valence-electron chi connectivity index (χ1n) is 8.59. The van der Waals surface area contributed by atoms with Gasteiger partial charge in [-0.3, -0.25) is 14.9 Å². The summed E-state index contributed by atoms with van der Waals surface area (Å²) in [6, 6.07) is 14.1. The van der Waals surface area contributed by atoms with Gasteiger partial charge >= 0.3 is 0 Å². The summed E-state index contributed by atoms with van der Waals surface area (Å²) in [7, 11) is 0. The predicted molar refractivity (Wildman–Crippen MR) is 119 cm³/mol.